The van der Waals surface area contributed by atoms with E-state index >= 15 is 0 Å². The number of aryl methyl sites for hydroxylation is 1. The van der Waals surface area contributed by atoms with E-state index in [9.17, 15) is 4.79 Å². The van der Waals surface area contributed by atoms with Crippen molar-refractivity contribution in [3.63, 3.8) is 0 Å². The minimum absolute atomic E-state index is 0.147. The normalized spacial score (nSPS) is 15.8. The molecule has 0 bridgehead atoms. The van der Waals surface area contributed by atoms with Crippen molar-refractivity contribution >= 4 is 40.3 Å². The number of benzene rings is 2. The molecule has 3 rings (SSSR count). The number of carbonyl (C=O) groups excluding carboxylic acids is 1. The molecule has 0 atom stereocenters. The van der Waals surface area contributed by atoms with Crippen LogP contribution in [0.15, 0.2) is 53.4 Å². The number of hydrogen-bond donors (Lipinski definition) is 1. The minimum Gasteiger partial charge on any atom is -0.489 e. The zero-order valence-electron chi connectivity index (χ0n) is 12.5. The number of rotatable bonds is 4. The largest absolute Gasteiger partial charge is 0.489 e. The quantitative estimate of drug-likeness (QED) is 0.672. The second kappa shape index (κ2) is 6.98. The maximum Gasteiger partial charge on any atom is 0.263 e. The summed E-state index contributed by atoms with van der Waals surface area (Å²) in [6.45, 7) is 2.57. The molecule has 3 nitrogen and oxygen atoms in total. The minimum atomic E-state index is -0.147. The van der Waals surface area contributed by atoms with E-state index in [1.54, 1.807) is 0 Å². The molecule has 1 saturated heterocycles. The van der Waals surface area contributed by atoms with Crippen molar-refractivity contribution in [2.75, 3.05) is 0 Å². The smallest absolute Gasteiger partial charge is 0.263 e. The molecule has 0 aliphatic carbocycles. The van der Waals surface area contributed by atoms with E-state index in [4.69, 9.17) is 17.0 Å². The van der Waals surface area contributed by atoms with Crippen LogP contribution in [0.4, 0.5) is 0 Å². The molecule has 0 saturated carbocycles. The molecule has 2 aromatic carbocycles. The number of hydrogen-bond acceptors (Lipinski definition) is 4. The maximum absolute atomic E-state index is 11.7. The van der Waals surface area contributed by atoms with Gasteiger partial charge in [0.15, 0.2) is 0 Å². The first-order chi connectivity index (χ1) is 11.1. The monoisotopic (exact) mass is 341 g/mol. The van der Waals surface area contributed by atoms with Crippen LogP contribution in [-0.4, -0.2) is 10.2 Å². The SMILES string of the molecule is Cc1ccc(COc2cccc(C=C3SC(=S)NC3=O)c2)cc1. The molecule has 1 heterocycles. The molecule has 116 valence electrons. The summed E-state index contributed by atoms with van der Waals surface area (Å²) in [5, 5.41) is 2.61. The summed E-state index contributed by atoms with van der Waals surface area (Å²) >= 11 is 6.26. The maximum atomic E-state index is 11.7. The third-order valence-corrected chi connectivity index (χ3v) is 4.49. The lowest BCUT2D eigenvalue weighted by Gasteiger charge is -2.07. The fourth-order valence-electron chi connectivity index (χ4n) is 2.12. The van der Waals surface area contributed by atoms with E-state index in [-0.39, 0.29) is 5.91 Å². The number of ether oxygens (including phenoxy) is 1. The Bertz CT molecular complexity index is 782. The molecule has 1 aliphatic heterocycles. The van der Waals surface area contributed by atoms with E-state index < -0.39 is 0 Å². The van der Waals surface area contributed by atoms with Crippen LogP contribution in [0, 0.1) is 6.92 Å². The van der Waals surface area contributed by atoms with E-state index in [2.05, 4.69) is 36.5 Å². The zero-order chi connectivity index (χ0) is 16.2. The Morgan fingerprint density at radius 1 is 1.22 bits per heavy atom. The highest BCUT2D eigenvalue weighted by atomic mass is 32.2. The van der Waals surface area contributed by atoms with Crippen molar-refractivity contribution in [2.45, 2.75) is 13.5 Å². The third kappa shape index (κ3) is 4.21. The summed E-state index contributed by atoms with van der Waals surface area (Å²) < 4.78 is 6.32. The van der Waals surface area contributed by atoms with Crippen molar-refractivity contribution < 1.29 is 9.53 Å². The van der Waals surface area contributed by atoms with Gasteiger partial charge in [0.25, 0.3) is 5.91 Å². The standard InChI is InChI=1S/C18H15NO2S2/c1-12-5-7-13(8-6-12)11-21-15-4-2-3-14(9-15)10-16-17(20)19-18(22)23-16/h2-10H,11H2,1H3,(H,19,20,22). The summed E-state index contributed by atoms with van der Waals surface area (Å²) in [4.78, 5) is 12.3. The van der Waals surface area contributed by atoms with Crippen LogP contribution >= 0.6 is 24.0 Å². The second-order valence-corrected chi connectivity index (χ2v) is 6.92. The van der Waals surface area contributed by atoms with Crippen LogP contribution in [0.25, 0.3) is 6.08 Å². The van der Waals surface area contributed by atoms with Crippen LogP contribution in [0.2, 0.25) is 0 Å². The van der Waals surface area contributed by atoms with Crippen LogP contribution in [0.1, 0.15) is 16.7 Å². The lowest BCUT2D eigenvalue weighted by molar-refractivity contribution is -0.115. The fraction of sp³-hybridized carbons (Fsp3) is 0.111. The van der Waals surface area contributed by atoms with Gasteiger partial charge < -0.3 is 10.1 Å². The molecule has 2 aromatic rings. The lowest BCUT2D eigenvalue weighted by Crippen LogP contribution is -2.17. The van der Waals surface area contributed by atoms with Gasteiger partial charge in [0, 0.05) is 0 Å². The summed E-state index contributed by atoms with van der Waals surface area (Å²) in [5.41, 5.74) is 3.26. The van der Waals surface area contributed by atoms with Gasteiger partial charge in [-0.3, -0.25) is 4.79 Å². The van der Waals surface area contributed by atoms with Crippen LogP contribution < -0.4 is 10.1 Å². The van der Waals surface area contributed by atoms with Gasteiger partial charge >= 0.3 is 0 Å². The van der Waals surface area contributed by atoms with Gasteiger partial charge in [0.05, 0.1) is 4.91 Å². The number of thiocarbonyl (C=S) groups is 1. The van der Waals surface area contributed by atoms with Gasteiger partial charge in [-0.2, -0.15) is 0 Å². The topological polar surface area (TPSA) is 38.3 Å². The molecule has 0 radical (unpaired) electrons. The predicted molar refractivity (Wildman–Crippen MR) is 98.3 cm³/mol. The number of thioether (sulfide) groups is 1. The predicted octanol–water partition coefficient (Wildman–Crippen LogP) is 4.06. The molecule has 1 N–H and O–H groups in total. The van der Waals surface area contributed by atoms with Gasteiger partial charge in [-0.1, -0.05) is 65.9 Å². The first-order valence-electron chi connectivity index (χ1n) is 7.13. The molecule has 5 heteroatoms. The first-order valence-corrected chi connectivity index (χ1v) is 8.36. The molecular weight excluding hydrogens is 326 g/mol. The molecule has 1 aliphatic rings. The average molecular weight is 341 g/mol. The van der Waals surface area contributed by atoms with Gasteiger partial charge in [0.2, 0.25) is 0 Å². The van der Waals surface area contributed by atoms with E-state index in [0.29, 0.717) is 15.8 Å². The van der Waals surface area contributed by atoms with Gasteiger partial charge in [-0.05, 0) is 36.3 Å². The zero-order valence-corrected chi connectivity index (χ0v) is 14.2. The Kier molecular flexibility index (Phi) is 4.79. The summed E-state index contributed by atoms with van der Waals surface area (Å²) in [5.74, 6) is 0.622. The van der Waals surface area contributed by atoms with Gasteiger partial charge in [0.1, 0.15) is 16.7 Å². The number of nitrogens with one attached hydrogen (secondary N) is 1. The molecule has 0 aromatic heterocycles. The Labute approximate surface area is 144 Å². The average Bonchev–Trinajstić information content (AvgIpc) is 2.85. The summed E-state index contributed by atoms with van der Waals surface area (Å²) in [6, 6.07) is 15.9. The molecule has 0 unspecified atom stereocenters. The summed E-state index contributed by atoms with van der Waals surface area (Å²) in [7, 11) is 0. The Balaban J connectivity index is 1.70. The van der Waals surface area contributed by atoms with E-state index in [1.165, 1.54) is 17.3 Å². The van der Waals surface area contributed by atoms with Crippen molar-refractivity contribution in [2.24, 2.45) is 0 Å². The molecular formula is C18H15NO2S2. The Morgan fingerprint density at radius 3 is 2.70 bits per heavy atom. The van der Waals surface area contributed by atoms with Crippen molar-refractivity contribution in [1.82, 2.24) is 5.32 Å². The molecule has 1 fully saturated rings. The Hall–Kier alpha value is -2.11. The van der Waals surface area contributed by atoms with E-state index in [1.807, 2.05) is 30.3 Å². The van der Waals surface area contributed by atoms with Gasteiger partial charge in [-0.15, -0.1) is 0 Å². The van der Waals surface area contributed by atoms with Crippen LogP contribution in [0.3, 0.4) is 0 Å². The lowest BCUT2D eigenvalue weighted by atomic mass is 10.1. The number of carbonyl (C=O) groups is 1. The number of amides is 1. The molecule has 23 heavy (non-hydrogen) atoms. The highest BCUT2D eigenvalue weighted by Gasteiger charge is 2.21. The molecule has 0 spiro atoms. The first kappa shape index (κ1) is 15.8. The van der Waals surface area contributed by atoms with Gasteiger partial charge in [-0.25, -0.2) is 0 Å². The van der Waals surface area contributed by atoms with Crippen molar-refractivity contribution in [3.8, 4) is 5.75 Å². The van der Waals surface area contributed by atoms with Crippen molar-refractivity contribution in [1.29, 1.82) is 0 Å². The fourth-order valence-corrected chi connectivity index (χ4v) is 3.16. The molecule has 1 amide bonds. The Morgan fingerprint density at radius 2 is 2.00 bits per heavy atom. The highest BCUT2D eigenvalue weighted by Crippen LogP contribution is 2.27. The van der Waals surface area contributed by atoms with Crippen LogP contribution in [0.5, 0.6) is 5.75 Å². The third-order valence-electron chi connectivity index (χ3n) is 3.32. The second-order valence-electron chi connectivity index (χ2n) is 5.20. The van der Waals surface area contributed by atoms with E-state index in [0.717, 1.165) is 16.9 Å². The summed E-state index contributed by atoms with van der Waals surface area (Å²) in [6.07, 6.45) is 1.82. The van der Waals surface area contributed by atoms with Crippen LogP contribution in [-0.2, 0) is 11.4 Å². The highest BCUT2D eigenvalue weighted by molar-refractivity contribution is 8.26. The van der Waals surface area contributed by atoms with Crippen molar-refractivity contribution in [3.05, 3.63) is 70.1 Å².